The number of hydrogen-bond acceptors (Lipinski definition) is 18. The first-order chi connectivity index (χ1) is 25.5. The van der Waals surface area contributed by atoms with Gasteiger partial charge in [0, 0.05) is 61.8 Å². The molecule has 0 radical (unpaired) electrons. The molecular formula is C28H26Cl4N10O10S2. The van der Waals surface area contributed by atoms with E-state index in [0.717, 1.165) is 0 Å². The van der Waals surface area contributed by atoms with Gasteiger partial charge in [0.2, 0.25) is 33.0 Å². The molecule has 20 nitrogen and oxygen atoms in total. The predicted molar refractivity (Wildman–Crippen MR) is 196 cm³/mol. The van der Waals surface area contributed by atoms with Crippen LogP contribution >= 0.6 is 46.4 Å². The lowest BCUT2D eigenvalue weighted by Gasteiger charge is -2.26. The molecule has 2 aromatic heterocycles. The highest BCUT2D eigenvalue weighted by molar-refractivity contribution is 7.81. The van der Waals surface area contributed by atoms with Crippen molar-refractivity contribution in [2.24, 2.45) is 0 Å². The van der Waals surface area contributed by atoms with Crippen LogP contribution in [-0.4, -0.2) is 120 Å². The van der Waals surface area contributed by atoms with Crippen LogP contribution in [-0.2, 0) is 29.2 Å². The number of halogens is 4. The van der Waals surface area contributed by atoms with E-state index in [1.54, 1.807) is 24.3 Å². The zero-order valence-electron chi connectivity index (χ0n) is 27.2. The molecule has 54 heavy (non-hydrogen) atoms. The van der Waals surface area contributed by atoms with Crippen molar-refractivity contribution in [2.75, 3.05) is 72.9 Å². The fourth-order valence-electron chi connectivity index (χ4n) is 5.21. The van der Waals surface area contributed by atoms with E-state index in [4.69, 9.17) is 55.5 Å². The molecule has 0 unspecified atom stereocenters. The minimum atomic E-state index is -4.75. The highest BCUT2D eigenvalue weighted by Crippen LogP contribution is 2.36. The number of carbonyl (C=O) groups is 2. The Hall–Kier alpha value is -4.10. The second kappa shape index (κ2) is 17.6. The third kappa shape index (κ3) is 11.0. The maximum atomic E-state index is 14.0. The Balaban J connectivity index is 1.40. The van der Waals surface area contributed by atoms with Gasteiger partial charge in [0.25, 0.3) is 0 Å². The molecule has 0 saturated carbocycles. The zero-order valence-corrected chi connectivity index (χ0v) is 31.8. The SMILES string of the molecule is O=C1c2ccccc2C(=O)c2c(NCCN(CCOS(=O)(=O)O)c3nc(Cl)nc(Cl)n3)ccc(NCCN(CCOS(=O)(=O)O)c3nc(Cl)nc(Cl)n3)c21. The Labute approximate surface area is 327 Å². The van der Waals surface area contributed by atoms with Crippen LogP contribution < -0.4 is 20.4 Å². The summed E-state index contributed by atoms with van der Waals surface area (Å²) in [6.45, 7) is -1.12. The molecule has 4 aromatic rings. The van der Waals surface area contributed by atoms with Crippen molar-refractivity contribution < 1.29 is 43.9 Å². The third-order valence-corrected chi connectivity index (χ3v) is 8.97. The van der Waals surface area contributed by atoms with E-state index in [0.29, 0.717) is 0 Å². The number of hydrogen-bond donors (Lipinski definition) is 4. The Morgan fingerprint density at radius 3 is 1.26 bits per heavy atom. The molecule has 288 valence electrons. The van der Waals surface area contributed by atoms with Gasteiger partial charge in [-0.25, -0.2) is 8.37 Å². The number of nitrogens with zero attached hydrogens (tertiary/aromatic N) is 8. The summed E-state index contributed by atoms with van der Waals surface area (Å²) in [5.41, 5.74) is 1.05. The van der Waals surface area contributed by atoms with Crippen LogP contribution in [0.4, 0.5) is 23.3 Å². The normalized spacial score (nSPS) is 12.6. The van der Waals surface area contributed by atoms with E-state index >= 15 is 0 Å². The second-order valence-corrected chi connectivity index (χ2v) is 14.3. The van der Waals surface area contributed by atoms with Crippen molar-refractivity contribution in [1.29, 1.82) is 0 Å². The van der Waals surface area contributed by atoms with Crippen molar-refractivity contribution >= 4 is 102 Å². The molecule has 0 atom stereocenters. The molecule has 1 aliphatic carbocycles. The van der Waals surface area contributed by atoms with Crippen LogP contribution in [0.5, 0.6) is 0 Å². The van der Waals surface area contributed by atoms with Crippen molar-refractivity contribution in [3.8, 4) is 0 Å². The van der Waals surface area contributed by atoms with Gasteiger partial charge in [-0.3, -0.25) is 18.7 Å². The number of aromatic nitrogens is 6. The van der Waals surface area contributed by atoms with Gasteiger partial charge < -0.3 is 20.4 Å². The quantitative estimate of drug-likeness (QED) is 0.0922. The van der Waals surface area contributed by atoms with Gasteiger partial charge in [0.05, 0.1) is 24.3 Å². The molecule has 26 heteroatoms. The first kappa shape index (κ1) is 41.1. The largest absolute Gasteiger partial charge is 0.397 e. The summed E-state index contributed by atoms with van der Waals surface area (Å²) < 4.78 is 71.4. The van der Waals surface area contributed by atoms with Crippen LogP contribution in [0.3, 0.4) is 0 Å². The van der Waals surface area contributed by atoms with Crippen LogP contribution in [0.2, 0.25) is 21.1 Å². The summed E-state index contributed by atoms with van der Waals surface area (Å²) in [7, 11) is -9.51. The number of ketones is 2. The summed E-state index contributed by atoms with van der Waals surface area (Å²) in [6, 6.07) is 9.47. The number of benzene rings is 2. The van der Waals surface area contributed by atoms with Gasteiger partial charge >= 0.3 is 20.8 Å². The fraction of sp³-hybridized carbons (Fsp3) is 0.286. The summed E-state index contributed by atoms with van der Waals surface area (Å²) in [6.07, 6.45) is 0. The molecule has 0 bridgehead atoms. The molecule has 5 rings (SSSR count). The topological polar surface area (TPSA) is 269 Å². The van der Waals surface area contributed by atoms with Crippen molar-refractivity contribution in [1.82, 2.24) is 29.9 Å². The smallest absolute Gasteiger partial charge is 0.383 e. The van der Waals surface area contributed by atoms with Crippen LogP contribution in [0.25, 0.3) is 0 Å². The molecule has 0 amide bonds. The van der Waals surface area contributed by atoms with Gasteiger partial charge in [-0.1, -0.05) is 24.3 Å². The molecule has 4 N–H and O–H groups in total. The summed E-state index contributed by atoms with van der Waals surface area (Å²) in [4.78, 5) is 54.2. The van der Waals surface area contributed by atoms with Gasteiger partial charge in [0.15, 0.2) is 11.6 Å². The monoisotopic (exact) mass is 866 g/mol. The third-order valence-electron chi connectivity index (χ3n) is 7.36. The molecule has 1 aliphatic rings. The number of fused-ring (bicyclic) bond motifs is 2. The minimum absolute atomic E-state index is 0.0391. The highest BCUT2D eigenvalue weighted by atomic mass is 35.5. The van der Waals surface area contributed by atoms with Gasteiger partial charge in [-0.15, -0.1) is 0 Å². The average Bonchev–Trinajstić information content (AvgIpc) is 3.07. The van der Waals surface area contributed by atoms with Crippen LogP contribution in [0, 0.1) is 0 Å². The molecule has 0 saturated heterocycles. The van der Waals surface area contributed by atoms with Crippen molar-refractivity contribution in [3.05, 3.63) is 79.8 Å². The average molecular weight is 869 g/mol. The Bertz CT molecular complexity index is 2100. The lowest BCUT2D eigenvalue weighted by Crippen LogP contribution is -2.35. The van der Waals surface area contributed by atoms with Gasteiger partial charge in [-0.2, -0.15) is 46.7 Å². The second-order valence-electron chi connectivity index (χ2n) is 10.8. The molecule has 0 fully saturated rings. The predicted octanol–water partition coefficient (Wildman–Crippen LogP) is 2.92. The van der Waals surface area contributed by atoms with E-state index in [1.807, 2.05) is 0 Å². The Morgan fingerprint density at radius 1 is 0.574 bits per heavy atom. The number of anilines is 4. The minimum Gasteiger partial charge on any atom is -0.383 e. The summed E-state index contributed by atoms with van der Waals surface area (Å²) in [5, 5.41) is 5.30. The first-order valence-corrected chi connectivity index (χ1v) is 19.4. The van der Waals surface area contributed by atoms with Crippen LogP contribution in [0.15, 0.2) is 36.4 Å². The van der Waals surface area contributed by atoms with Gasteiger partial charge in [-0.05, 0) is 58.5 Å². The first-order valence-electron chi connectivity index (χ1n) is 15.2. The fourth-order valence-corrected chi connectivity index (χ4v) is 6.49. The molecule has 2 aromatic carbocycles. The lowest BCUT2D eigenvalue weighted by molar-refractivity contribution is 0.0980. The van der Waals surface area contributed by atoms with E-state index in [1.165, 1.54) is 21.9 Å². The lowest BCUT2D eigenvalue weighted by atomic mass is 9.82. The van der Waals surface area contributed by atoms with E-state index < -0.39 is 45.6 Å². The van der Waals surface area contributed by atoms with Crippen molar-refractivity contribution in [2.45, 2.75) is 0 Å². The highest BCUT2D eigenvalue weighted by Gasteiger charge is 2.34. The van der Waals surface area contributed by atoms with E-state index in [2.05, 4.69) is 48.9 Å². The number of nitrogens with one attached hydrogen (secondary N) is 2. The Kier molecular flexibility index (Phi) is 13.4. The van der Waals surface area contributed by atoms with E-state index in [9.17, 15) is 26.4 Å². The molecular weight excluding hydrogens is 842 g/mol. The van der Waals surface area contributed by atoms with Gasteiger partial charge in [0.1, 0.15) is 0 Å². The Morgan fingerprint density at radius 2 is 0.926 bits per heavy atom. The zero-order chi connectivity index (χ0) is 39.2. The summed E-state index contributed by atoms with van der Waals surface area (Å²) >= 11 is 23.8. The maximum absolute atomic E-state index is 14.0. The molecule has 0 spiro atoms. The molecule has 2 heterocycles. The van der Waals surface area contributed by atoms with E-state index in [-0.39, 0.29) is 106 Å². The number of rotatable bonds is 18. The molecule has 0 aliphatic heterocycles. The van der Waals surface area contributed by atoms with Crippen molar-refractivity contribution in [3.63, 3.8) is 0 Å². The standard InChI is InChI=1S/C28H26Cl4N10O10S2/c29-23-35-24(30)38-27(37-23)41(11-13-51-53(45,46)47)9-7-33-17-5-6-18(20-19(17)21(43)15-3-1-2-4-16(15)22(20)44)34-8-10-42(12-14-52-54(48,49)50)28-39-25(31)36-26(32)40-28/h1-6,33-34H,7-14H2,(H,45,46,47)(H,48,49,50). The summed E-state index contributed by atoms with van der Waals surface area (Å²) in [5.74, 6) is -0.968. The van der Waals surface area contributed by atoms with Crippen LogP contribution in [0.1, 0.15) is 31.8 Å². The number of carbonyl (C=O) groups excluding carboxylic acids is 2. The maximum Gasteiger partial charge on any atom is 0.397 e.